The van der Waals surface area contributed by atoms with Gasteiger partial charge < -0.3 is 14.0 Å². The number of rotatable bonds is 9. The van der Waals surface area contributed by atoms with Gasteiger partial charge in [0.25, 0.3) is 0 Å². The third kappa shape index (κ3) is 5.84. The molecule has 2 aromatic rings. The second-order valence-corrected chi connectivity index (χ2v) is 7.46. The third-order valence-corrected chi connectivity index (χ3v) is 4.62. The Labute approximate surface area is 177 Å². The van der Waals surface area contributed by atoms with E-state index >= 15 is 0 Å². The summed E-state index contributed by atoms with van der Waals surface area (Å²) < 4.78 is 12.6. The van der Waals surface area contributed by atoms with Gasteiger partial charge in [-0.2, -0.15) is 5.26 Å². The van der Waals surface area contributed by atoms with E-state index in [1.807, 2.05) is 32.9 Å². The number of carbonyl (C=O) groups excluding carboxylic acids is 2. The molecule has 0 unspecified atom stereocenters. The lowest BCUT2D eigenvalue weighted by Gasteiger charge is -2.12. The van der Waals surface area contributed by atoms with Crippen molar-refractivity contribution < 1.29 is 19.1 Å². The summed E-state index contributed by atoms with van der Waals surface area (Å²) in [5.74, 6) is -0.0271. The Morgan fingerprint density at radius 3 is 2.43 bits per heavy atom. The highest BCUT2D eigenvalue weighted by Gasteiger charge is 2.16. The molecule has 2 rings (SSSR count). The minimum atomic E-state index is -0.814. The molecule has 30 heavy (non-hydrogen) atoms. The van der Waals surface area contributed by atoms with Gasteiger partial charge in [-0.3, -0.25) is 4.79 Å². The fraction of sp³-hybridized carbons (Fsp3) is 0.375. The zero-order valence-electron chi connectivity index (χ0n) is 18.2. The van der Waals surface area contributed by atoms with Crippen LogP contribution in [-0.4, -0.2) is 29.5 Å². The molecule has 0 fully saturated rings. The molecule has 1 heterocycles. The number of esters is 1. The second kappa shape index (κ2) is 10.4. The number of ether oxygens (including phenoxy) is 2. The van der Waals surface area contributed by atoms with Crippen LogP contribution in [0.5, 0.6) is 5.75 Å². The van der Waals surface area contributed by atoms with Crippen molar-refractivity contribution in [3.05, 3.63) is 58.4 Å². The Hall–Kier alpha value is -3.33. The van der Waals surface area contributed by atoms with Crippen LogP contribution >= 0.6 is 0 Å². The van der Waals surface area contributed by atoms with Crippen LogP contribution in [0.1, 0.15) is 48.1 Å². The fourth-order valence-electron chi connectivity index (χ4n) is 3.11. The quantitative estimate of drug-likeness (QED) is 0.264. The maximum atomic E-state index is 12.3. The summed E-state index contributed by atoms with van der Waals surface area (Å²) in [6.07, 6.45) is 1.52. The number of ketones is 1. The normalized spacial score (nSPS) is 11.3. The van der Waals surface area contributed by atoms with Gasteiger partial charge in [0.2, 0.25) is 0 Å². The minimum Gasteiger partial charge on any atom is -0.494 e. The lowest BCUT2D eigenvalue weighted by atomic mass is 10.1. The first-order valence-corrected chi connectivity index (χ1v) is 9.98. The first-order valence-electron chi connectivity index (χ1n) is 9.98. The molecule has 0 aliphatic carbocycles. The predicted molar refractivity (Wildman–Crippen MR) is 115 cm³/mol. The number of nitriles is 1. The number of aryl methyl sites for hydroxylation is 1. The molecule has 0 bridgehead atoms. The maximum Gasteiger partial charge on any atom is 0.349 e. The van der Waals surface area contributed by atoms with Crippen molar-refractivity contribution in [2.24, 2.45) is 5.92 Å². The Kier molecular flexibility index (Phi) is 7.99. The molecule has 0 amide bonds. The molecule has 6 heteroatoms. The molecule has 0 radical (unpaired) electrons. The molecule has 6 nitrogen and oxygen atoms in total. The zero-order chi connectivity index (χ0) is 22.3. The smallest absolute Gasteiger partial charge is 0.349 e. The number of aromatic nitrogens is 1. The summed E-state index contributed by atoms with van der Waals surface area (Å²) in [4.78, 5) is 24.6. The molecular weight excluding hydrogens is 380 g/mol. The molecule has 0 aliphatic heterocycles. The minimum absolute atomic E-state index is 0.140. The van der Waals surface area contributed by atoms with E-state index in [2.05, 4.69) is 18.4 Å². The first kappa shape index (κ1) is 23.0. The molecule has 0 N–H and O–H groups in total. The van der Waals surface area contributed by atoms with Crippen LogP contribution in [0.3, 0.4) is 0 Å². The van der Waals surface area contributed by atoms with E-state index in [4.69, 9.17) is 9.47 Å². The van der Waals surface area contributed by atoms with Crippen LogP contribution in [0.4, 0.5) is 0 Å². The monoisotopic (exact) mass is 408 g/mol. The number of hydrogen-bond donors (Lipinski definition) is 0. The molecular formula is C24H28N2O4. The largest absolute Gasteiger partial charge is 0.494 e. The van der Waals surface area contributed by atoms with E-state index in [-0.39, 0.29) is 11.4 Å². The molecule has 1 aromatic heterocycles. The number of benzene rings is 1. The molecule has 0 atom stereocenters. The maximum absolute atomic E-state index is 12.3. The standard InChI is InChI=1S/C24H28N2O4/c1-6-29-22-9-7-19(8-10-22)23(27)15-30-24(28)21(13-25)12-20-11-17(4)26(18(20)5)14-16(2)3/h7-12,16H,6,14-15H2,1-5H3/b21-12+. The van der Waals surface area contributed by atoms with Gasteiger partial charge in [-0.25, -0.2) is 4.79 Å². The third-order valence-electron chi connectivity index (χ3n) is 4.62. The Bertz CT molecular complexity index is 976. The van der Waals surface area contributed by atoms with Gasteiger partial charge in [-0.15, -0.1) is 0 Å². The highest BCUT2D eigenvalue weighted by atomic mass is 16.5. The van der Waals surface area contributed by atoms with Gasteiger partial charge >= 0.3 is 5.97 Å². The van der Waals surface area contributed by atoms with E-state index in [1.54, 1.807) is 24.3 Å². The van der Waals surface area contributed by atoms with Crippen molar-refractivity contribution in [2.45, 2.75) is 41.2 Å². The molecule has 0 saturated heterocycles. The first-order chi connectivity index (χ1) is 14.3. The Morgan fingerprint density at radius 2 is 1.87 bits per heavy atom. The highest BCUT2D eigenvalue weighted by molar-refractivity contribution is 6.02. The average molecular weight is 408 g/mol. The summed E-state index contributed by atoms with van der Waals surface area (Å²) in [7, 11) is 0. The summed E-state index contributed by atoms with van der Waals surface area (Å²) in [6.45, 7) is 11.0. The van der Waals surface area contributed by atoms with Crippen molar-refractivity contribution in [1.82, 2.24) is 4.57 Å². The topological polar surface area (TPSA) is 81.3 Å². The van der Waals surface area contributed by atoms with Gasteiger partial charge in [0.05, 0.1) is 6.61 Å². The molecule has 0 saturated carbocycles. The van der Waals surface area contributed by atoms with Crippen LogP contribution in [0.15, 0.2) is 35.9 Å². The van der Waals surface area contributed by atoms with Crippen molar-refractivity contribution in [1.29, 1.82) is 5.26 Å². The van der Waals surface area contributed by atoms with Crippen LogP contribution in [0, 0.1) is 31.1 Å². The van der Waals surface area contributed by atoms with E-state index < -0.39 is 12.6 Å². The van der Waals surface area contributed by atoms with E-state index in [0.29, 0.717) is 23.8 Å². The van der Waals surface area contributed by atoms with Crippen LogP contribution < -0.4 is 4.74 Å². The van der Waals surface area contributed by atoms with Gasteiger partial charge in [0.15, 0.2) is 12.4 Å². The highest BCUT2D eigenvalue weighted by Crippen LogP contribution is 2.20. The molecule has 0 spiro atoms. The summed E-state index contributed by atoms with van der Waals surface area (Å²) >= 11 is 0. The number of hydrogen-bond acceptors (Lipinski definition) is 5. The Morgan fingerprint density at radius 1 is 1.20 bits per heavy atom. The van der Waals surface area contributed by atoms with Gasteiger partial charge in [0.1, 0.15) is 17.4 Å². The SMILES string of the molecule is CCOc1ccc(C(=O)COC(=O)/C(C#N)=C/c2cc(C)n(CC(C)C)c2C)cc1. The van der Waals surface area contributed by atoms with Crippen LogP contribution in [0.2, 0.25) is 0 Å². The average Bonchev–Trinajstić information content (AvgIpc) is 2.97. The van der Waals surface area contributed by atoms with Crippen LogP contribution in [0.25, 0.3) is 6.08 Å². The van der Waals surface area contributed by atoms with Gasteiger partial charge in [-0.1, -0.05) is 13.8 Å². The summed E-state index contributed by atoms with van der Waals surface area (Å²) in [5, 5.41) is 9.41. The van der Waals surface area contributed by atoms with Gasteiger partial charge in [0, 0.05) is 23.5 Å². The fourth-order valence-corrected chi connectivity index (χ4v) is 3.11. The molecule has 0 aliphatic rings. The predicted octanol–water partition coefficient (Wildman–Crippen LogP) is 4.49. The lowest BCUT2D eigenvalue weighted by molar-refractivity contribution is -0.137. The van der Waals surface area contributed by atoms with Crippen molar-refractivity contribution in [2.75, 3.05) is 13.2 Å². The summed E-state index contributed by atoms with van der Waals surface area (Å²) in [6, 6.07) is 10.4. The van der Waals surface area contributed by atoms with E-state index in [0.717, 1.165) is 23.5 Å². The summed E-state index contributed by atoms with van der Waals surface area (Å²) in [5.41, 5.74) is 3.10. The molecule has 158 valence electrons. The number of nitrogens with zero attached hydrogens (tertiary/aromatic N) is 2. The second-order valence-electron chi connectivity index (χ2n) is 7.46. The molecule has 1 aromatic carbocycles. The number of Topliss-reactive ketones (excluding diaryl/α,β-unsaturated/α-hetero) is 1. The zero-order valence-corrected chi connectivity index (χ0v) is 18.2. The van der Waals surface area contributed by atoms with Crippen molar-refractivity contribution in [3.63, 3.8) is 0 Å². The van der Waals surface area contributed by atoms with Crippen LogP contribution in [-0.2, 0) is 16.1 Å². The van der Waals surface area contributed by atoms with Crippen molar-refractivity contribution >= 4 is 17.8 Å². The van der Waals surface area contributed by atoms with Crippen molar-refractivity contribution in [3.8, 4) is 11.8 Å². The Balaban J connectivity index is 2.08. The van der Waals surface area contributed by atoms with E-state index in [1.165, 1.54) is 6.08 Å². The van der Waals surface area contributed by atoms with Gasteiger partial charge in [-0.05, 0) is 68.7 Å². The lowest BCUT2D eigenvalue weighted by Crippen LogP contribution is -2.15. The number of carbonyl (C=O) groups is 2. The van der Waals surface area contributed by atoms with E-state index in [9.17, 15) is 14.9 Å².